The highest BCUT2D eigenvalue weighted by molar-refractivity contribution is 7.14. The summed E-state index contributed by atoms with van der Waals surface area (Å²) in [5, 5.41) is 2.01. The molecule has 0 aliphatic rings. The first-order valence-corrected chi connectivity index (χ1v) is 6.55. The van der Waals surface area contributed by atoms with E-state index < -0.39 is 0 Å². The number of halogens is 1. The van der Waals surface area contributed by atoms with Crippen molar-refractivity contribution >= 4 is 22.9 Å². The van der Waals surface area contributed by atoms with E-state index in [2.05, 4.69) is 44.0 Å². The molecule has 16 heavy (non-hydrogen) atoms. The summed E-state index contributed by atoms with van der Waals surface area (Å²) in [6.07, 6.45) is 0. The molecule has 0 radical (unpaired) electrons. The SMILES string of the molecule is Cc1ccc(C(C)C)cc1-c1csc(Cl)n1. The van der Waals surface area contributed by atoms with Gasteiger partial charge in [-0.3, -0.25) is 0 Å². The van der Waals surface area contributed by atoms with Crippen molar-refractivity contribution in [3.05, 3.63) is 39.2 Å². The molecule has 1 aromatic heterocycles. The standard InChI is InChI=1S/C13H14ClNS/c1-8(2)10-5-4-9(3)11(6-10)12-7-16-13(14)15-12/h4-8H,1-3H3. The lowest BCUT2D eigenvalue weighted by molar-refractivity contribution is 0.866. The van der Waals surface area contributed by atoms with E-state index in [4.69, 9.17) is 11.6 Å². The molecule has 0 N–H and O–H groups in total. The maximum atomic E-state index is 5.87. The molecule has 0 fully saturated rings. The molecule has 3 heteroatoms. The Balaban J connectivity index is 2.51. The summed E-state index contributed by atoms with van der Waals surface area (Å²) >= 11 is 7.35. The average molecular weight is 252 g/mol. The van der Waals surface area contributed by atoms with E-state index >= 15 is 0 Å². The summed E-state index contributed by atoms with van der Waals surface area (Å²) in [4.78, 5) is 4.33. The van der Waals surface area contributed by atoms with Gasteiger partial charge < -0.3 is 0 Å². The fourth-order valence-electron chi connectivity index (χ4n) is 1.65. The Morgan fingerprint density at radius 3 is 2.62 bits per heavy atom. The zero-order chi connectivity index (χ0) is 11.7. The van der Waals surface area contributed by atoms with Gasteiger partial charge in [0.15, 0.2) is 4.47 Å². The van der Waals surface area contributed by atoms with Gasteiger partial charge in [0.05, 0.1) is 5.69 Å². The fraction of sp³-hybridized carbons (Fsp3) is 0.308. The third-order valence-electron chi connectivity index (χ3n) is 2.68. The predicted octanol–water partition coefficient (Wildman–Crippen LogP) is 4.90. The second kappa shape index (κ2) is 4.56. The molecule has 0 amide bonds. The monoisotopic (exact) mass is 251 g/mol. The maximum Gasteiger partial charge on any atom is 0.184 e. The minimum absolute atomic E-state index is 0.536. The molecule has 0 bridgehead atoms. The van der Waals surface area contributed by atoms with Crippen LogP contribution in [0, 0.1) is 6.92 Å². The molecular weight excluding hydrogens is 238 g/mol. The molecule has 1 nitrogen and oxygen atoms in total. The average Bonchev–Trinajstić information content (AvgIpc) is 2.65. The van der Waals surface area contributed by atoms with Gasteiger partial charge in [0, 0.05) is 10.9 Å². The van der Waals surface area contributed by atoms with Crippen LogP contribution in [0.1, 0.15) is 30.9 Å². The van der Waals surface area contributed by atoms with E-state index in [1.807, 2.05) is 5.38 Å². The molecule has 1 aromatic carbocycles. The van der Waals surface area contributed by atoms with Gasteiger partial charge >= 0.3 is 0 Å². The zero-order valence-electron chi connectivity index (χ0n) is 9.62. The molecule has 84 valence electrons. The Hall–Kier alpha value is -0.860. The summed E-state index contributed by atoms with van der Waals surface area (Å²) in [7, 11) is 0. The van der Waals surface area contributed by atoms with Crippen molar-refractivity contribution in [2.75, 3.05) is 0 Å². The number of hydrogen-bond donors (Lipinski definition) is 0. The minimum Gasteiger partial charge on any atom is -0.225 e. The largest absolute Gasteiger partial charge is 0.225 e. The van der Waals surface area contributed by atoms with E-state index in [-0.39, 0.29) is 0 Å². The summed E-state index contributed by atoms with van der Waals surface area (Å²) in [6, 6.07) is 6.54. The van der Waals surface area contributed by atoms with E-state index in [0.717, 1.165) is 5.69 Å². The van der Waals surface area contributed by atoms with Crippen molar-refractivity contribution in [1.82, 2.24) is 4.98 Å². The second-order valence-electron chi connectivity index (χ2n) is 4.21. The molecule has 0 unspecified atom stereocenters. The lowest BCUT2D eigenvalue weighted by atomic mass is 9.97. The van der Waals surface area contributed by atoms with Crippen LogP contribution in [0.15, 0.2) is 23.6 Å². The van der Waals surface area contributed by atoms with Gasteiger partial charge in [0.2, 0.25) is 0 Å². The minimum atomic E-state index is 0.536. The number of aromatic nitrogens is 1. The number of hydrogen-bond acceptors (Lipinski definition) is 2. The van der Waals surface area contributed by atoms with Gasteiger partial charge in [0.25, 0.3) is 0 Å². The van der Waals surface area contributed by atoms with E-state index in [0.29, 0.717) is 10.4 Å². The predicted molar refractivity (Wildman–Crippen MR) is 71.4 cm³/mol. The van der Waals surface area contributed by atoms with Crippen LogP contribution >= 0.6 is 22.9 Å². The summed E-state index contributed by atoms with van der Waals surface area (Å²) in [5.41, 5.74) is 4.75. The van der Waals surface area contributed by atoms with Crippen LogP contribution in [0.3, 0.4) is 0 Å². The first-order chi connectivity index (χ1) is 7.58. The fourth-order valence-corrected chi connectivity index (χ4v) is 2.41. The lowest BCUT2D eigenvalue weighted by Gasteiger charge is -2.09. The Kier molecular flexibility index (Phi) is 3.31. The molecule has 1 heterocycles. The van der Waals surface area contributed by atoms with Crippen LogP contribution in [-0.2, 0) is 0 Å². The maximum absolute atomic E-state index is 5.87. The van der Waals surface area contributed by atoms with Crippen LogP contribution in [0.2, 0.25) is 4.47 Å². The Bertz CT molecular complexity index is 502. The van der Waals surface area contributed by atoms with Gasteiger partial charge in [-0.05, 0) is 30.0 Å². The van der Waals surface area contributed by atoms with Gasteiger partial charge in [-0.1, -0.05) is 37.6 Å². The van der Waals surface area contributed by atoms with Gasteiger partial charge in [-0.2, -0.15) is 0 Å². The normalized spacial score (nSPS) is 11.1. The molecule has 0 spiro atoms. The summed E-state index contributed by atoms with van der Waals surface area (Å²) in [5.74, 6) is 0.536. The summed E-state index contributed by atoms with van der Waals surface area (Å²) in [6.45, 7) is 6.50. The van der Waals surface area contributed by atoms with E-state index in [9.17, 15) is 0 Å². The molecule has 2 rings (SSSR count). The van der Waals surface area contributed by atoms with Crippen LogP contribution in [0.25, 0.3) is 11.3 Å². The van der Waals surface area contributed by atoms with Gasteiger partial charge in [0.1, 0.15) is 0 Å². The van der Waals surface area contributed by atoms with Crippen LogP contribution in [0.4, 0.5) is 0 Å². The molecule has 2 aromatic rings. The number of thiazole rings is 1. The highest BCUT2D eigenvalue weighted by Crippen LogP contribution is 2.29. The zero-order valence-corrected chi connectivity index (χ0v) is 11.2. The van der Waals surface area contributed by atoms with Crippen molar-refractivity contribution < 1.29 is 0 Å². The third kappa shape index (κ3) is 2.28. The van der Waals surface area contributed by atoms with Gasteiger partial charge in [-0.15, -0.1) is 11.3 Å². The number of aryl methyl sites for hydroxylation is 1. The first kappa shape index (κ1) is 11.6. The van der Waals surface area contributed by atoms with Crippen molar-refractivity contribution in [2.45, 2.75) is 26.7 Å². The highest BCUT2D eigenvalue weighted by atomic mass is 35.5. The van der Waals surface area contributed by atoms with Gasteiger partial charge in [-0.25, -0.2) is 4.98 Å². The highest BCUT2D eigenvalue weighted by Gasteiger charge is 2.08. The molecule has 0 saturated heterocycles. The molecule has 0 saturated carbocycles. The molecule has 0 atom stereocenters. The number of benzene rings is 1. The van der Waals surface area contributed by atoms with Crippen molar-refractivity contribution in [1.29, 1.82) is 0 Å². The van der Waals surface area contributed by atoms with Crippen molar-refractivity contribution in [2.24, 2.45) is 0 Å². The Labute approximate surface area is 105 Å². The third-order valence-corrected chi connectivity index (χ3v) is 3.66. The quantitative estimate of drug-likeness (QED) is 0.740. The number of rotatable bonds is 2. The summed E-state index contributed by atoms with van der Waals surface area (Å²) < 4.78 is 0.601. The topological polar surface area (TPSA) is 12.9 Å². The number of nitrogens with zero attached hydrogens (tertiary/aromatic N) is 1. The molecular formula is C13H14ClNS. The van der Waals surface area contributed by atoms with Crippen LogP contribution in [0.5, 0.6) is 0 Å². The first-order valence-electron chi connectivity index (χ1n) is 5.30. The Morgan fingerprint density at radius 2 is 2.06 bits per heavy atom. The van der Waals surface area contributed by atoms with Crippen molar-refractivity contribution in [3.8, 4) is 11.3 Å². The van der Waals surface area contributed by atoms with E-state index in [1.165, 1.54) is 28.0 Å². The lowest BCUT2D eigenvalue weighted by Crippen LogP contribution is -1.90. The second-order valence-corrected chi connectivity index (χ2v) is 5.65. The van der Waals surface area contributed by atoms with Crippen LogP contribution < -0.4 is 0 Å². The van der Waals surface area contributed by atoms with E-state index in [1.54, 1.807) is 0 Å². The Morgan fingerprint density at radius 1 is 1.31 bits per heavy atom. The van der Waals surface area contributed by atoms with Crippen molar-refractivity contribution in [3.63, 3.8) is 0 Å². The van der Waals surface area contributed by atoms with Crippen LogP contribution in [-0.4, -0.2) is 4.98 Å². The molecule has 0 aliphatic heterocycles. The molecule has 0 aliphatic carbocycles. The smallest absolute Gasteiger partial charge is 0.184 e.